The zero-order chi connectivity index (χ0) is 13.7. The predicted molar refractivity (Wildman–Crippen MR) is 75.1 cm³/mol. The Hall–Kier alpha value is -1.55. The summed E-state index contributed by atoms with van der Waals surface area (Å²) in [6.45, 7) is 6.01. The first-order chi connectivity index (χ1) is 9.15. The molecule has 2 unspecified atom stereocenters. The lowest BCUT2D eigenvalue weighted by Gasteiger charge is -2.35. The Balaban J connectivity index is 1.75. The number of hydrogen-bond acceptors (Lipinski definition) is 2. The van der Waals surface area contributed by atoms with Gasteiger partial charge in [-0.1, -0.05) is 30.3 Å². The molecule has 1 aromatic rings. The third-order valence-electron chi connectivity index (χ3n) is 3.24. The van der Waals surface area contributed by atoms with E-state index in [1.165, 1.54) is 5.56 Å². The lowest BCUT2D eigenvalue weighted by Crippen LogP contribution is -2.51. The summed E-state index contributed by atoms with van der Waals surface area (Å²) in [5.41, 5.74) is 1.24. The normalized spacial score (nSPS) is 23.2. The smallest absolute Gasteiger partial charge is 0.317 e. The van der Waals surface area contributed by atoms with Crippen LogP contribution in [0, 0.1) is 0 Å². The third kappa shape index (κ3) is 4.24. The van der Waals surface area contributed by atoms with Gasteiger partial charge in [-0.3, -0.25) is 0 Å². The van der Waals surface area contributed by atoms with Crippen molar-refractivity contribution in [2.75, 3.05) is 19.6 Å². The molecule has 0 aromatic heterocycles. The van der Waals surface area contributed by atoms with Gasteiger partial charge in [0, 0.05) is 19.6 Å². The summed E-state index contributed by atoms with van der Waals surface area (Å²) < 4.78 is 5.62. The Bertz CT molecular complexity index is 398. The van der Waals surface area contributed by atoms with E-state index in [4.69, 9.17) is 4.74 Å². The van der Waals surface area contributed by atoms with Crippen molar-refractivity contribution < 1.29 is 9.53 Å². The van der Waals surface area contributed by atoms with Gasteiger partial charge in [0.1, 0.15) is 0 Å². The summed E-state index contributed by atoms with van der Waals surface area (Å²) in [6.07, 6.45) is 1.09. The minimum absolute atomic E-state index is 0.0120. The van der Waals surface area contributed by atoms with Crippen molar-refractivity contribution in [3.05, 3.63) is 35.9 Å². The molecule has 0 spiro atoms. The Morgan fingerprint density at radius 3 is 2.53 bits per heavy atom. The number of urea groups is 1. The van der Waals surface area contributed by atoms with Crippen LogP contribution < -0.4 is 5.32 Å². The number of rotatable bonds is 3. The fourth-order valence-electron chi connectivity index (χ4n) is 2.41. The van der Waals surface area contributed by atoms with E-state index in [9.17, 15) is 4.79 Å². The third-order valence-corrected chi connectivity index (χ3v) is 3.24. The second-order valence-corrected chi connectivity index (χ2v) is 5.13. The Kier molecular flexibility index (Phi) is 4.80. The van der Waals surface area contributed by atoms with E-state index in [2.05, 4.69) is 17.4 Å². The van der Waals surface area contributed by atoms with Gasteiger partial charge in [-0.2, -0.15) is 0 Å². The number of nitrogens with zero attached hydrogens (tertiary/aromatic N) is 1. The highest BCUT2D eigenvalue weighted by Crippen LogP contribution is 2.10. The topological polar surface area (TPSA) is 41.6 Å². The molecule has 2 atom stereocenters. The molecular weight excluding hydrogens is 240 g/mol. The van der Waals surface area contributed by atoms with Gasteiger partial charge in [0.15, 0.2) is 0 Å². The fourth-order valence-corrected chi connectivity index (χ4v) is 2.41. The molecule has 0 bridgehead atoms. The standard InChI is InChI=1S/C15H22N2O2/c1-12-10-17(11-13(2)19-12)15(18)16-9-8-14-6-4-3-5-7-14/h3-7,12-13H,8-11H2,1-2H3,(H,16,18). The molecular formula is C15H22N2O2. The van der Waals surface area contributed by atoms with Crippen LogP contribution in [-0.2, 0) is 11.2 Å². The molecule has 0 saturated carbocycles. The average Bonchev–Trinajstić information content (AvgIpc) is 2.38. The summed E-state index contributed by atoms with van der Waals surface area (Å²) >= 11 is 0. The molecule has 1 aliphatic rings. The molecule has 2 rings (SSSR count). The van der Waals surface area contributed by atoms with Gasteiger partial charge in [-0.25, -0.2) is 4.79 Å². The van der Waals surface area contributed by atoms with E-state index in [1.807, 2.05) is 36.9 Å². The van der Waals surface area contributed by atoms with E-state index in [1.54, 1.807) is 0 Å². The predicted octanol–water partition coefficient (Wildman–Crippen LogP) is 2.05. The highest BCUT2D eigenvalue weighted by molar-refractivity contribution is 5.74. The molecule has 19 heavy (non-hydrogen) atoms. The summed E-state index contributed by atoms with van der Waals surface area (Å²) in [5.74, 6) is 0. The average molecular weight is 262 g/mol. The maximum Gasteiger partial charge on any atom is 0.317 e. The van der Waals surface area contributed by atoms with Crippen molar-refractivity contribution in [1.29, 1.82) is 0 Å². The van der Waals surface area contributed by atoms with E-state index in [0.29, 0.717) is 19.6 Å². The number of amides is 2. The molecule has 2 amide bonds. The van der Waals surface area contributed by atoms with Crippen molar-refractivity contribution in [2.45, 2.75) is 32.5 Å². The molecule has 1 aromatic carbocycles. The van der Waals surface area contributed by atoms with Gasteiger partial charge < -0.3 is 15.0 Å². The number of nitrogens with one attached hydrogen (secondary N) is 1. The SMILES string of the molecule is CC1CN(C(=O)NCCc2ccccc2)CC(C)O1. The van der Waals surface area contributed by atoms with E-state index in [0.717, 1.165) is 6.42 Å². The number of morpholine rings is 1. The summed E-state index contributed by atoms with van der Waals surface area (Å²) in [6, 6.07) is 10.2. The van der Waals surface area contributed by atoms with E-state index < -0.39 is 0 Å². The Labute approximate surface area is 114 Å². The first kappa shape index (κ1) is 13.9. The van der Waals surface area contributed by atoms with Crippen molar-refractivity contribution in [1.82, 2.24) is 10.2 Å². The van der Waals surface area contributed by atoms with Crippen LogP contribution in [0.1, 0.15) is 19.4 Å². The molecule has 4 nitrogen and oxygen atoms in total. The number of ether oxygens (including phenoxy) is 1. The van der Waals surface area contributed by atoms with Gasteiger partial charge in [0.25, 0.3) is 0 Å². The Morgan fingerprint density at radius 1 is 1.26 bits per heavy atom. The molecule has 4 heteroatoms. The maximum absolute atomic E-state index is 12.0. The van der Waals surface area contributed by atoms with E-state index >= 15 is 0 Å². The zero-order valence-electron chi connectivity index (χ0n) is 11.6. The van der Waals surface area contributed by atoms with Crippen LogP contribution in [0.5, 0.6) is 0 Å². The molecule has 1 N–H and O–H groups in total. The summed E-state index contributed by atoms with van der Waals surface area (Å²) in [7, 11) is 0. The van der Waals surface area contributed by atoms with Crippen molar-refractivity contribution >= 4 is 6.03 Å². The van der Waals surface area contributed by atoms with Crippen LogP contribution in [0.4, 0.5) is 4.79 Å². The van der Waals surface area contributed by atoms with Crippen molar-refractivity contribution in [3.63, 3.8) is 0 Å². The number of benzene rings is 1. The quantitative estimate of drug-likeness (QED) is 0.906. The van der Waals surface area contributed by atoms with Crippen LogP contribution in [-0.4, -0.2) is 42.8 Å². The highest BCUT2D eigenvalue weighted by Gasteiger charge is 2.25. The minimum Gasteiger partial charge on any atom is -0.372 e. The van der Waals surface area contributed by atoms with Gasteiger partial charge >= 0.3 is 6.03 Å². The lowest BCUT2D eigenvalue weighted by atomic mass is 10.1. The second kappa shape index (κ2) is 6.57. The van der Waals surface area contributed by atoms with Gasteiger partial charge in [-0.05, 0) is 25.8 Å². The minimum atomic E-state index is 0.0120. The fraction of sp³-hybridized carbons (Fsp3) is 0.533. The molecule has 1 saturated heterocycles. The molecule has 1 heterocycles. The highest BCUT2D eigenvalue weighted by atomic mass is 16.5. The molecule has 0 radical (unpaired) electrons. The lowest BCUT2D eigenvalue weighted by molar-refractivity contribution is -0.0544. The van der Waals surface area contributed by atoms with Crippen LogP contribution >= 0.6 is 0 Å². The summed E-state index contributed by atoms with van der Waals surface area (Å²) in [4.78, 5) is 13.9. The van der Waals surface area contributed by atoms with Crippen molar-refractivity contribution in [2.24, 2.45) is 0 Å². The maximum atomic E-state index is 12.0. The first-order valence-corrected chi connectivity index (χ1v) is 6.87. The van der Waals surface area contributed by atoms with Crippen LogP contribution in [0.3, 0.4) is 0 Å². The van der Waals surface area contributed by atoms with Crippen LogP contribution in [0.15, 0.2) is 30.3 Å². The van der Waals surface area contributed by atoms with Crippen LogP contribution in [0.25, 0.3) is 0 Å². The molecule has 0 aliphatic carbocycles. The van der Waals surface area contributed by atoms with Gasteiger partial charge in [0.2, 0.25) is 0 Å². The monoisotopic (exact) mass is 262 g/mol. The van der Waals surface area contributed by atoms with Gasteiger partial charge in [-0.15, -0.1) is 0 Å². The number of hydrogen-bond donors (Lipinski definition) is 1. The molecule has 1 fully saturated rings. The first-order valence-electron chi connectivity index (χ1n) is 6.87. The van der Waals surface area contributed by atoms with Crippen LogP contribution in [0.2, 0.25) is 0 Å². The number of carbonyl (C=O) groups excluding carboxylic acids is 1. The summed E-state index contributed by atoms with van der Waals surface area (Å²) in [5, 5.41) is 2.97. The Morgan fingerprint density at radius 2 is 1.89 bits per heavy atom. The second-order valence-electron chi connectivity index (χ2n) is 5.13. The zero-order valence-corrected chi connectivity index (χ0v) is 11.6. The van der Waals surface area contributed by atoms with Crippen molar-refractivity contribution in [3.8, 4) is 0 Å². The molecule has 104 valence electrons. The largest absolute Gasteiger partial charge is 0.372 e. The van der Waals surface area contributed by atoms with E-state index in [-0.39, 0.29) is 18.2 Å². The molecule has 1 aliphatic heterocycles. The van der Waals surface area contributed by atoms with Gasteiger partial charge in [0.05, 0.1) is 12.2 Å². The number of carbonyl (C=O) groups is 1.